The molecule has 0 saturated carbocycles. The van der Waals surface area contributed by atoms with Gasteiger partial charge in [-0.25, -0.2) is 4.98 Å². The van der Waals surface area contributed by atoms with Crippen molar-refractivity contribution in [1.29, 1.82) is 0 Å². The molecule has 2 aromatic heterocycles. The summed E-state index contributed by atoms with van der Waals surface area (Å²) in [6, 6.07) is 3.89. The Hall–Kier alpha value is -1.78. The van der Waals surface area contributed by atoms with Crippen molar-refractivity contribution in [2.45, 2.75) is 13.8 Å². The molecule has 0 aliphatic rings. The highest BCUT2D eigenvalue weighted by atomic mass is 15.5. The van der Waals surface area contributed by atoms with Gasteiger partial charge in [0.25, 0.3) is 0 Å². The predicted octanol–water partition coefficient (Wildman–Crippen LogP) is 0.674. The molecular weight excluding hydrogens is 166 g/mol. The molecule has 0 N–H and O–H groups in total. The fourth-order valence-electron chi connectivity index (χ4n) is 1.01. The van der Waals surface area contributed by atoms with Crippen LogP contribution in [0, 0.1) is 13.8 Å². The first-order chi connectivity index (χ1) is 6.27. The number of nitrogens with zero attached hydrogens (tertiary/aromatic N) is 5. The second-order valence-electron chi connectivity index (χ2n) is 2.83. The van der Waals surface area contributed by atoms with Crippen LogP contribution in [0.3, 0.4) is 0 Å². The Morgan fingerprint density at radius 2 is 2.08 bits per heavy atom. The zero-order valence-corrected chi connectivity index (χ0v) is 7.47. The van der Waals surface area contributed by atoms with Gasteiger partial charge in [0.05, 0.1) is 0 Å². The van der Waals surface area contributed by atoms with Crippen molar-refractivity contribution >= 4 is 0 Å². The predicted molar refractivity (Wildman–Crippen MR) is 46.4 cm³/mol. The lowest BCUT2D eigenvalue weighted by Crippen LogP contribution is -2.00. The minimum Gasteiger partial charge on any atom is -0.234 e. The second kappa shape index (κ2) is 2.93. The maximum Gasteiger partial charge on any atom is 0.157 e. The van der Waals surface area contributed by atoms with E-state index < -0.39 is 0 Å². The van der Waals surface area contributed by atoms with Gasteiger partial charge in [0, 0.05) is 5.69 Å². The first kappa shape index (κ1) is 7.85. The molecule has 0 fully saturated rings. The monoisotopic (exact) mass is 175 g/mol. The fraction of sp³-hybridized carbons (Fsp3) is 0.250. The van der Waals surface area contributed by atoms with Crippen molar-refractivity contribution in [2.75, 3.05) is 0 Å². The molecule has 66 valence electrons. The Morgan fingerprint density at radius 1 is 1.23 bits per heavy atom. The molecule has 0 spiro atoms. The molecule has 0 radical (unpaired) electrons. The van der Waals surface area contributed by atoms with E-state index in [0.29, 0.717) is 0 Å². The highest BCUT2D eigenvalue weighted by Gasteiger charge is 2.00. The Morgan fingerprint density at radius 3 is 2.69 bits per heavy atom. The molecular formula is C8H9N5. The molecule has 0 unspecified atom stereocenters. The quantitative estimate of drug-likeness (QED) is 0.639. The van der Waals surface area contributed by atoms with Crippen LogP contribution in [-0.2, 0) is 0 Å². The van der Waals surface area contributed by atoms with Crippen molar-refractivity contribution in [2.24, 2.45) is 0 Å². The van der Waals surface area contributed by atoms with Gasteiger partial charge in [-0.3, -0.25) is 0 Å². The Kier molecular flexibility index (Phi) is 1.77. The third-order valence-electron chi connectivity index (χ3n) is 1.92. The van der Waals surface area contributed by atoms with Gasteiger partial charge in [0.2, 0.25) is 0 Å². The molecule has 2 aromatic rings. The minimum absolute atomic E-state index is 0.744. The van der Waals surface area contributed by atoms with Crippen molar-refractivity contribution in [3.8, 4) is 5.82 Å². The van der Waals surface area contributed by atoms with E-state index in [1.54, 1.807) is 0 Å². The number of aromatic nitrogens is 5. The molecule has 0 aliphatic heterocycles. The molecule has 0 bridgehead atoms. The van der Waals surface area contributed by atoms with E-state index in [1.807, 2.05) is 26.0 Å². The van der Waals surface area contributed by atoms with Crippen LogP contribution in [0.25, 0.3) is 5.82 Å². The number of tetrazole rings is 1. The maximum atomic E-state index is 4.34. The molecule has 0 aliphatic carbocycles. The highest BCUT2D eigenvalue weighted by Crippen LogP contribution is 2.06. The van der Waals surface area contributed by atoms with Gasteiger partial charge < -0.3 is 0 Å². The lowest BCUT2D eigenvalue weighted by molar-refractivity contribution is 0.767. The van der Waals surface area contributed by atoms with Gasteiger partial charge in [-0.05, 0) is 35.9 Å². The summed E-state index contributed by atoms with van der Waals surface area (Å²) in [7, 11) is 0. The van der Waals surface area contributed by atoms with E-state index in [9.17, 15) is 0 Å². The smallest absolute Gasteiger partial charge is 0.157 e. The van der Waals surface area contributed by atoms with E-state index in [-0.39, 0.29) is 0 Å². The summed E-state index contributed by atoms with van der Waals surface area (Å²) in [6.45, 7) is 3.98. The number of pyridine rings is 1. The summed E-state index contributed by atoms with van der Waals surface area (Å²) in [5, 5.41) is 10.8. The molecule has 5 heteroatoms. The van der Waals surface area contributed by atoms with Crippen LogP contribution in [0.4, 0.5) is 0 Å². The van der Waals surface area contributed by atoms with Crippen molar-refractivity contribution in [1.82, 2.24) is 25.2 Å². The summed E-state index contributed by atoms with van der Waals surface area (Å²) < 4.78 is 1.53. The average Bonchev–Trinajstić information content (AvgIpc) is 2.62. The van der Waals surface area contributed by atoms with Crippen LogP contribution < -0.4 is 0 Å². The van der Waals surface area contributed by atoms with E-state index in [1.165, 1.54) is 11.0 Å². The zero-order valence-electron chi connectivity index (χ0n) is 7.47. The number of hydrogen-bond acceptors (Lipinski definition) is 4. The molecule has 0 atom stereocenters. The van der Waals surface area contributed by atoms with E-state index >= 15 is 0 Å². The SMILES string of the molecule is Cc1ccc(-n2cnnn2)nc1C. The van der Waals surface area contributed by atoms with Crippen molar-refractivity contribution in [3.05, 3.63) is 29.7 Å². The summed E-state index contributed by atoms with van der Waals surface area (Å²) >= 11 is 0. The first-order valence-corrected chi connectivity index (χ1v) is 3.95. The summed E-state index contributed by atoms with van der Waals surface area (Å²) in [6.07, 6.45) is 1.52. The van der Waals surface area contributed by atoms with Crippen LogP contribution >= 0.6 is 0 Å². The van der Waals surface area contributed by atoms with Crippen LogP contribution in [0.1, 0.15) is 11.3 Å². The third-order valence-corrected chi connectivity index (χ3v) is 1.92. The molecule has 13 heavy (non-hydrogen) atoms. The molecule has 0 saturated heterocycles. The third kappa shape index (κ3) is 1.40. The highest BCUT2D eigenvalue weighted by molar-refractivity contribution is 5.27. The van der Waals surface area contributed by atoms with Crippen LogP contribution in [-0.4, -0.2) is 25.2 Å². The van der Waals surface area contributed by atoms with Gasteiger partial charge in [0.1, 0.15) is 6.33 Å². The topological polar surface area (TPSA) is 56.5 Å². The lowest BCUT2D eigenvalue weighted by atomic mass is 10.2. The summed E-state index contributed by atoms with van der Waals surface area (Å²) in [4.78, 5) is 4.34. The van der Waals surface area contributed by atoms with Gasteiger partial charge in [-0.1, -0.05) is 6.07 Å². The lowest BCUT2D eigenvalue weighted by Gasteiger charge is -2.01. The van der Waals surface area contributed by atoms with Crippen molar-refractivity contribution < 1.29 is 0 Å². The van der Waals surface area contributed by atoms with Gasteiger partial charge in [-0.2, -0.15) is 4.68 Å². The van der Waals surface area contributed by atoms with E-state index in [0.717, 1.165) is 17.1 Å². The van der Waals surface area contributed by atoms with Crippen molar-refractivity contribution in [3.63, 3.8) is 0 Å². The van der Waals surface area contributed by atoms with Crippen LogP contribution in [0.5, 0.6) is 0 Å². The number of hydrogen-bond donors (Lipinski definition) is 0. The minimum atomic E-state index is 0.744. The maximum absolute atomic E-state index is 4.34. The van der Waals surface area contributed by atoms with Crippen LogP contribution in [0.15, 0.2) is 18.5 Å². The number of rotatable bonds is 1. The second-order valence-corrected chi connectivity index (χ2v) is 2.83. The number of aryl methyl sites for hydroxylation is 2. The van der Waals surface area contributed by atoms with Gasteiger partial charge in [-0.15, -0.1) is 5.10 Å². The van der Waals surface area contributed by atoms with Crippen LogP contribution in [0.2, 0.25) is 0 Å². The zero-order chi connectivity index (χ0) is 9.26. The molecule has 2 rings (SSSR count). The normalized spacial score (nSPS) is 10.3. The first-order valence-electron chi connectivity index (χ1n) is 3.95. The Balaban J connectivity index is 2.49. The molecule has 0 amide bonds. The molecule has 0 aromatic carbocycles. The van der Waals surface area contributed by atoms with E-state index in [2.05, 4.69) is 20.5 Å². The Labute approximate surface area is 75.4 Å². The fourth-order valence-corrected chi connectivity index (χ4v) is 1.01. The standard InChI is InChI=1S/C8H9N5/c1-6-3-4-8(10-7(6)2)13-5-9-11-12-13/h3-5H,1-2H3. The molecule has 5 nitrogen and oxygen atoms in total. The Bertz CT molecular complexity index is 406. The van der Waals surface area contributed by atoms with Gasteiger partial charge in [0.15, 0.2) is 5.82 Å². The summed E-state index contributed by atoms with van der Waals surface area (Å²) in [5.41, 5.74) is 2.16. The van der Waals surface area contributed by atoms with Gasteiger partial charge >= 0.3 is 0 Å². The molecule has 2 heterocycles. The van der Waals surface area contributed by atoms with E-state index in [4.69, 9.17) is 0 Å². The average molecular weight is 175 g/mol. The summed E-state index contributed by atoms with van der Waals surface area (Å²) in [5.74, 6) is 0.744. The largest absolute Gasteiger partial charge is 0.234 e.